The number of likely N-dealkylation sites (tertiary alicyclic amines) is 1. The van der Waals surface area contributed by atoms with Crippen LogP contribution in [0, 0.1) is 11.8 Å². The van der Waals surface area contributed by atoms with Gasteiger partial charge >= 0.3 is 4.87 Å². The number of pyridine rings is 1. The number of nitrogens with zero attached hydrogens (tertiary/aromatic N) is 3. The molecule has 1 aliphatic heterocycles. The predicted molar refractivity (Wildman–Crippen MR) is 112 cm³/mol. The topological polar surface area (TPSA) is 55.2 Å². The summed E-state index contributed by atoms with van der Waals surface area (Å²) in [5.41, 5.74) is 4.87. The van der Waals surface area contributed by atoms with Gasteiger partial charge in [0.1, 0.15) is 0 Å². The zero-order valence-electron chi connectivity index (χ0n) is 18.6. The summed E-state index contributed by atoms with van der Waals surface area (Å²) in [4.78, 5) is 30.5. The summed E-state index contributed by atoms with van der Waals surface area (Å²) in [6.07, 6.45) is 6.14. The molecule has 0 radical (unpaired) electrons. The zero-order valence-corrected chi connectivity index (χ0v) is 16.5. The molecule has 0 unspecified atom stereocenters. The number of thiazole rings is 1. The van der Waals surface area contributed by atoms with Crippen LogP contribution in [0.1, 0.15) is 28.6 Å². The van der Waals surface area contributed by atoms with Gasteiger partial charge in [0.15, 0.2) is 0 Å². The lowest BCUT2D eigenvalue weighted by molar-refractivity contribution is -0.130. The van der Waals surface area contributed by atoms with Crippen LogP contribution in [0.5, 0.6) is 0 Å². The Labute approximate surface area is 171 Å². The molecule has 2 aromatic heterocycles. The fourth-order valence-electron chi connectivity index (χ4n) is 4.76. The lowest BCUT2D eigenvalue weighted by Gasteiger charge is -2.28. The number of hydrogen-bond donors (Lipinski definition) is 0. The van der Waals surface area contributed by atoms with Crippen LogP contribution in [0.2, 0.25) is 0 Å². The Balaban J connectivity index is 1.53. The molecule has 1 aliphatic carbocycles. The molecule has 5 rings (SSSR count). The van der Waals surface area contributed by atoms with Crippen molar-refractivity contribution in [1.82, 2.24) is 14.5 Å². The van der Waals surface area contributed by atoms with Crippen LogP contribution in [0.25, 0.3) is 21.3 Å². The number of aromatic nitrogens is 2. The number of benzene rings is 1. The van der Waals surface area contributed by atoms with Gasteiger partial charge in [-0.1, -0.05) is 24.3 Å². The molecule has 1 aromatic carbocycles. The van der Waals surface area contributed by atoms with Gasteiger partial charge in [-0.15, -0.1) is 0 Å². The van der Waals surface area contributed by atoms with E-state index in [-0.39, 0.29) is 5.91 Å². The Morgan fingerprint density at radius 1 is 1.29 bits per heavy atom. The van der Waals surface area contributed by atoms with Crippen molar-refractivity contribution in [2.75, 3.05) is 13.1 Å². The van der Waals surface area contributed by atoms with Crippen LogP contribution in [0.4, 0.5) is 0 Å². The third-order valence-corrected chi connectivity index (χ3v) is 7.12. The molecule has 1 saturated heterocycles. The SMILES string of the molecule is [2H]C([2H])([2H])n1c(=O)sc2cc(-c3cncc4c3C[C@@H]3CN(C(=O)CC)C[C@@H]3C4)ccc21. The van der Waals surface area contributed by atoms with Gasteiger partial charge in [-0.05, 0) is 53.5 Å². The molecule has 0 saturated carbocycles. The van der Waals surface area contributed by atoms with Gasteiger partial charge in [-0.25, -0.2) is 0 Å². The van der Waals surface area contributed by atoms with Gasteiger partial charge in [0.25, 0.3) is 0 Å². The number of rotatable bonds is 2. The predicted octanol–water partition coefficient (Wildman–Crippen LogP) is 3.25. The van der Waals surface area contributed by atoms with Crippen molar-refractivity contribution >= 4 is 27.5 Å². The molecule has 0 N–H and O–H groups in total. The quantitative estimate of drug-likeness (QED) is 0.668. The van der Waals surface area contributed by atoms with E-state index in [1.54, 1.807) is 6.07 Å². The van der Waals surface area contributed by atoms with E-state index in [2.05, 4.69) is 4.98 Å². The van der Waals surface area contributed by atoms with Gasteiger partial charge in [0, 0.05) is 48.6 Å². The summed E-state index contributed by atoms with van der Waals surface area (Å²) >= 11 is 0.956. The highest BCUT2D eigenvalue weighted by Gasteiger charge is 2.38. The van der Waals surface area contributed by atoms with Gasteiger partial charge in [-0.3, -0.25) is 14.6 Å². The fourth-order valence-corrected chi connectivity index (χ4v) is 5.58. The first-order valence-corrected chi connectivity index (χ1v) is 10.5. The van der Waals surface area contributed by atoms with Crippen LogP contribution in [-0.2, 0) is 24.6 Å². The highest BCUT2D eigenvalue weighted by atomic mass is 32.1. The minimum atomic E-state index is -2.50. The molecule has 0 bridgehead atoms. The second kappa shape index (κ2) is 6.55. The number of hydrogen-bond acceptors (Lipinski definition) is 4. The number of aryl methyl sites for hydroxylation is 1. The lowest BCUT2D eigenvalue weighted by Crippen LogP contribution is -2.28. The molecule has 5 nitrogen and oxygen atoms in total. The largest absolute Gasteiger partial charge is 0.342 e. The van der Waals surface area contributed by atoms with E-state index < -0.39 is 11.8 Å². The molecular formula is C22H23N3O2S. The van der Waals surface area contributed by atoms with Gasteiger partial charge in [0.2, 0.25) is 5.91 Å². The van der Waals surface area contributed by atoms with Gasteiger partial charge in [-0.2, -0.15) is 0 Å². The van der Waals surface area contributed by atoms with Crippen LogP contribution in [0.15, 0.2) is 35.4 Å². The van der Waals surface area contributed by atoms with Crippen LogP contribution in [0.3, 0.4) is 0 Å². The molecule has 28 heavy (non-hydrogen) atoms. The van der Waals surface area contributed by atoms with E-state index in [1.165, 1.54) is 11.1 Å². The van der Waals surface area contributed by atoms with E-state index in [9.17, 15) is 9.59 Å². The molecule has 144 valence electrons. The van der Waals surface area contributed by atoms with Crippen molar-refractivity contribution in [3.8, 4) is 11.1 Å². The van der Waals surface area contributed by atoms with E-state index in [4.69, 9.17) is 4.11 Å². The first-order valence-electron chi connectivity index (χ1n) is 11.2. The monoisotopic (exact) mass is 396 g/mol. The maximum atomic E-state index is 12.3. The molecule has 3 aromatic rings. The first kappa shape index (κ1) is 14.5. The number of carbonyl (C=O) groups is 1. The van der Waals surface area contributed by atoms with Crippen LogP contribution in [-0.4, -0.2) is 33.4 Å². The third kappa shape index (κ3) is 2.70. The maximum Gasteiger partial charge on any atom is 0.307 e. The standard InChI is InChI=1S/C22H23N3O2S/c1-3-21(26)25-11-15-6-14-9-23-10-18(17(14)7-16(15)12-25)13-4-5-19-20(8-13)28-22(27)24(19)2/h4-5,8-10,15-16H,3,6-7,11-12H2,1-2H3/t15-,16+/m0/s1/i2D3. The lowest BCUT2D eigenvalue weighted by atomic mass is 9.76. The Bertz CT molecular complexity index is 1250. The van der Waals surface area contributed by atoms with Crippen LogP contribution < -0.4 is 4.87 Å². The number of carbonyl (C=O) groups excluding carboxylic acids is 1. The highest BCUT2D eigenvalue weighted by molar-refractivity contribution is 7.16. The highest BCUT2D eigenvalue weighted by Crippen LogP contribution is 2.40. The molecule has 0 spiro atoms. The molecule has 1 fully saturated rings. The summed E-state index contributed by atoms with van der Waals surface area (Å²) in [7, 11) is 0. The molecule has 2 aliphatic rings. The third-order valence-electron chi connectivity index (χ3n) is 6.22. The number of amides is 1. The summed E-state index contributed by atoms with van der Waals surface area (Å²) in [6, 6.07) is 5.49. The maximum absolute atomic E-state index is 12.3. The van der Waals surface area contributed by atoms with Crippen LogP contribution >= 0.6 is 11.3 Å². The smallest absolute Gasteiger partial charge is 0.307 e. The van der Waals surface area contributed by atoms with Crippen molar-refractivity contribution in [2.24, 2.45) is 18.8 Å². The molecular weight excluding hydrogens is 370 g/mol. The molecule has 1 amide bonds. The Morgan fingerprint density at radius 2 is 2.11 bits per heavy atom. The average Bonchev–Trinajstić information content (AvgIpc) is 3.29. The summed E-state index contributed by atoms with van der Waals surface area (Å²) in [5, 5.41) is 0. The van der Waals surface area contributed by atoms with Crippen molar-refractivity contribution in [3.63, 3.8) is 0 Å². The van der Waals surface area contributed by atoms with E-state index in [0.717, 1.165) is 53.0 Å². The summed E-state index contributed by atoms with van der Waals surface area (Å²) < 4.78 is 24.5. The minimum Gasteiger partial charge on any atom is -0.342 e. The van der Waals surface area contributed by atoms with Crippen molar-refractivity contribution in [3.05, 3.63) is 51.4 Å². The number of fused-ring (bicyclic) bond motifs is 3. The first-order chi connectivity index (χ1) is 14.8. The zero-order chi connectivity index (χ0) is 21.9. The van der Waals surface area contributed by atoms with Gasteiger partial charge in [0.05, 0.1) is 10.2 Å². The van der Waals surface area contributed by atoms with E-state index >= 15 is 0 Å². The van der Waals surface area contributed by atoms with Gasteiger partial charge < -0.3 is 9.47 Å². The fraction of sp³-hybridized carbons (Fsp3) is 0.409. The summed E-state index contributed by atoms with van der Waals surface area (Å²) in [5.74, 6) is 1.14. The van der Waals surface area contributed by atoms with Crippen molar-refractivity contribution < 1.29 is 8.91 Å². The molecule has 3 heterocycles. The molecule has 6 heteroatoms. The second-order valence-corrected chi connectivity index (χ2v) is 8.78. The van der Waals surface area contributed by atoms with E-state index in [0.29, 0.717) is 28.5 Å². The Kier molecular flexibility index (Phi) is 3.40. The summed E-state index contributed by atoms with van der Waals surface area (Å²) in [6.45, 7) is 1.04. The van der Waals surface area contributed by atoms with Crippen molar-refractivity contribution in [2.45, 2.75) is 26.2 Å². The second-order valence-electron chi connectivity index (χ2n) is 7.79. The normalized spacial score (nSPS) is 23.0. The average molecular weight is 397 g/mol. The van der Waals surface area contributed by atoms with Crippen molar-refractivity contribution in [1.29, 1.82) is 0 Å². The molecule has 2 atom stereocenters. The Hall–Kier alpha value is -2.47. The minimum absolute atomic E-state index is 0.218. The van der Waals surface area contributed by atoms with E-state index in [1.807, 2.05) is 36.4 Å². The Morgan fingerprint density at radius 3 is 2.89 bits per heavy atom.